The summed E-state index contributed by atoms with van der Waals surface area (Å²) >= 11 is 0. The highest BCUT2D eigenvalue weighted by atomic mass is 15.3. The molecule has 0 amide bonds. The third-order valence-electron chi connectivity index (χ3n) is 4.20. The third kappa shape index (κ3) is 1.93. The van der Waals surface area contributed by atoms with Crippen molar-refractivity contribution in [2.45, 2.75) is 39.2 Å². The summed E-state index contributed by atoms with van der Waals surface area (Å²) in [6.07, 6.45) is 5.51. The molecule has 0 spiro atoms. The van der Waals surface area contributed by atoms with Gasteiger partial charge in [-0.2, -0.15) is 10.2 Å². The SMILES string of the molecule is Cc1nn(C)c(C)c1NC1CCCc2c1cnn2C. The maximum Gasteiger partial charge on any atom is 0.0828 e. The van der Waals surface area contributed by atoms with Gasteiger partial charge in [0.05, 0.1) is 29.3 Å². The molecule has 2 aromatic rings. The van der Waals surface area contributed by atoms with E-state index in [1.165, 1.54) is 29.1 Å². The quantitative estimate of drug-likeness (QED) is 0.900. The lowest BCUT2D eigenvalue weighted by Crippen LogP contribution is -2.18. The van der Waals surface area contributed by atoms with Gasteiger partial charge in [-0.25, -0.2) is 0 Å². The first kappa shape index (κ1) is 12.3. The predicted molar refractivity (Wildman–Crippen MR) is 75.2 cm³/mol. The van der Waals surface area contributed by atoms with Gasteiger partial charge in [-0.15, -0.1) is 0 Å². The topological polar surface area (TPSA) is 47.7 Å². The monoisotopic (exact) mass is 259 g/mol. The zero-order valence-electron chi connectivity index (χ0n) is 12.1. The van der Waals surface area contributed by atoms with E-state index in [-0.39, 0.29) is 0 Å². The standard InChI is InChI=1S/C14H21N5/c1-9-14(10(2)18(3)17-9)16-12-6-5-7-13-11(12)8-15-19(13)4/h8,12,16H,5-7H2,1-4H3. The number of nitrogens with one attached hydrogen (secondary N) is 1. The van der Waals surface area contributed by atoms with Crippen LogP contribution in [-0.4, -0.2) is 19.6 Å². The van der Waals surface area contributed by atoms with Gasteiger partial charge in [-0.05, 0) is 33.1 Å². The van der Waals surface area contributed by atoms with Crippen molar-refractivity contribution in [3.63, 3.8) is 0 Å². The smallest absolute Gasteiger partial charge is 0.0828 e. The van der Waals surface area contributed by atoms with Crippen LogP contribution in [0.3, 0.4) is 0 Å². The molecule has 0 aromatic carbocycles. The molecule has 2 aromatic heterocycles. The number of rotatable bonds is 2. The van der Waals surface area contributed by atoms with Crippen molar-refractivity contribution < 1.29 is 0 Å². The fourth-order valence-electron chi connectivity index (χ4n) is 3.01. The van der Waals surface area contributed by atoms with E-state index in [4.69, 9.17) is 0 Å². The Balaban J connectivity index is 1.92. The highest BCUT2D eigenvalue weighted by Crippen LogP contribution is 2.33. The molecule has 5 heteroatoms. The van der Waals surface area contributed by atoms with Crippen LogP contribution in [0.2, 0.25) is 0 Å². The van der Waals surface area contributed by atoms with E-state index >= 15 is 0 Å². The molecule has 0 radical (unpaired) electrons. The number of aromatic nitrogens is 4. The summed E-state index contributed by atoms with van der Waals surface area (Å²) in [6, 6.07) is 0.360. The molecular weight excluding hydrogens is 238 g/mol. The Hall–Kier alpha value is -1.78. The first-order valence-corrected chi connectivity index (χ1v) is 6.85. The lowest BCUT2D eigenvalue weighted by Gasteiger charge is -2.25. The van der Waals surface area contributed by atoms with Crippen LogP contribution in [0, 0.1) is 13.8 Å². The molecule has 1 aliphatic carbocycles. The zero-order chi connectivity index (χ0) is 13.6. The van der Waals surface area contributed by atoms with Gasteiger partial charge in [0.15, 0.2) is 0 Å². The van der Waals surface area contributed by atoms with E-state index in [2.05, 4.69) is 29.4 Å². The second-order valence-corrected chi connectivity index (χ2v) is 5.43. The van der Waals surface area contributed by atoms with Gasteiger partial charge in [-0.1, -0.05) is 0 Å². The molecule has 0 saturated carbocycles. The molecule has 19 heavy (non-hydrogen) atoms. The Kier molecular flexibility index (Phi) is 2.84. The molecular formula is C14H21N5. The van der Waals surface area contributed by atoms with Crippen LogP contribution >= 0.6 is 0 Å². The molecule has 0 aliphatic heterocycles. The van der Waals surface area contributed by atoms with Gasteiger partial charge < -0.3 is 5.32 Å². The number of aryl methyl sites for hydroxylation is 3. The highest BCUT2D eigenvalue weighted by molar-refractivity contribution is 5.54. The van der Waals surface area contributed by atoms with E-state index in [9.17, 15) is 0 Å². The van der Waals surface area contributed by atoms with Crippen LogP contribution in [0.1, 0.15) is 41.5 Å². The Morgan fingerprint density at radius 1 is 1.26 bits per heavy atom. The van der Waals surface area contributed by atoms with Gasteiger partial charge in [0.25, 0.3) is 0 Å². The highest BCUT2D eigenvalue weighted by Gasteiger charge is 2.24. The number of nitrogens with zero attached hydrogens (tertiary/aromatic N) is 4. The maximum absolute atomic E-state index is 4.47. The van der Waals surface area contributed by atoms with Crippen LogP contribution < -0.4 is 5.32 Å². The molecule has 2 heterocycles. The molecule has 1 aliphatic rings. The summed E-state index contributed by atoms with van der Waals surface area (Å²) in [5, 5.41) is 12.5. The van der Waals surface area contributed by atoms with E-state index in [1.807, 2.05) is 29.7 Å². The largest absolute Gasteiger partial charge is 0.375 e. The number of hydrogen-bond acceptors (Lipinski definition) is 3. The van der Waals surface area contributed by atoms with Crippen LogP contribution in [0.5, 0.6) is 0 Å². The van der Waals surface area contributed by atoms with E-state index in [0.29, 0.717) is 6.04 Å². The molecule has 0 saturated heterocycles. The van der Waals surface area contributed by atoms with E-state index in [1.54, 1.807) is 0 Å². The normalized spacial score (nSPS) is 18.4. The van der Waals surface area contributed by atoms with Crippen molar-refractivity contribution in [1.29, 1.82) is 0 Å². The number of hydrogen-bond donors (Lipinski definition) is 1. The van der Waals surface area contributed by atoms with Gasteiger partial charge in [0.1, 0.15) is 0 Å². The maximum atomic E-state index is 4.47. The summed E-state index contributed by atoms with van der Waals surface area (Å²) in [6.45, 7) is 4.16. The van der Waals surface area contributed by atoms with E-state index in [0.717, 1.165) is 18.5 Å². The summed E-state index contributed by atoms with van der Waals surface area (Å²) < 4.78 is 3.94. The van der Waals surface area contributed by atoms with Gasteiger partial charge in [0, 0.05) is 25.4 Å². The minimum atomic E-state index is 0.360. The number of fused-ring (bicyclic) bond motifs is 1. The average molecular weight is 259 g/mol. The minimum absolute atomic E-state index is 0.360. The van der Waals surface area contributed by atoms with Crippen LogP contribution in [0.4, 0.5) is 5.69 Å². The third-order valence-corrected chi connectivity index (χ3v) is 4.20. The second-order valence-electron chi connectivity index (χ2n) is 5.43. The average Bonchev–Trinajstić information content (AvgIpc) is 2.87. The lowest BCUT2D eigenvalue weighted by atomic mass is 9.92. The van der Waals surface area contributed by atoms with Crippen molar-refractivity contribution >= 4 is 5.69 Å². The number of anilines is 1. The van der Waals surface area contributed by atoms with Crippen LogP contribution in [0.25, 0.3) is 0 Å². The fraction of sp³-hybridized carbons (Fsp3) is 0.571. The molecule has 0 bridgehead atoms. The first-order valence-electron chi connectivity index (χ1n) is 6.85. The lowest BCUT2D eigenvalue weighted by molar-refractivity contribution is 0.571. The molecule has 1 unspecified atom stereocenters. The van der Waals surface area contributed by atoms with Crippen LogP contribution in [-0.2, 0) is 20.5 Å². The van der Waals surface area contributed by atoms with Crippen molar-refractivity contribution in [2.24, 2.45) is 14.1 Å². The minimum Gasteiger partial charge on any atom is -0.375 e. The molecule has 3 rings (SSSR count). The molecule has 0 fully saturated rings. The van der Waals surface area contributed by atoms with Crippen molar-refractivity contribution in [3.8, 4) is 0 Å². The van der Waals surface area contributed by atoms with Crippen molar-refractivity contribution in [1.82, 2.24) is 19.6 Å². The Labute approximate surface area is 113 Å². The predicted octanol–water partition coefficient (Wildman–Crippen LogP) is 2.26. The van der Waals surface area contributed by atoms with Crippen molar-refractivity contribution in [3.05, 3.63) is 28.8 Å². The Morgan fingerprint density at radius 2 is 2.05 bits per heavy atom. The summed E-state index contributed by atoms with van der Waals surface area (Å²) in [4.78, 5) is 0. The second kappa shape index (κ2) is 4.40. The summed E-state index contributed by atoms with van der Waals surface area (Å²) in [5.74, 6) is 0. The molecule has 5 nitrogen and oxygen atoms in total. The van der Waals surface area contributed by atoms with Gasteiger partial charge in [0.2, 0.25) is 0 Å². The van der Waals surface area contributed by atoms with Crippen LogP contribution in [0.15, 0.2) is 6.20 Å². The van der Waals surface area contributed by atoms with E-state index < -0.39 is 0 Å². The summed E-state index contributed by atoms with van der Waals surface area (Å²) in [5.41, 5.74) is 6.13. The van der Waals surface area contributed by atoms with Crippen molar-refractivity contribution in [2.75, 3.05) is 5.32 Å². The molecule has 1 N–H and O–H groups in total. The first-order chi connectivity index (χ1) is 9.08. The molecule has 1 atom stereocenters. The fourth-order valence-corrected chi connectivity index (χ4v) is 3.01. The Bertz CT molecular complexity index is 608. The zero-order valence-corrected chi connectivity index (χ0v) is 12.1. The Morgan fingerprint density at radius 3 is 2.74 bits per heavy atom. The molecule has 102 valence electrons. The van der Waals surface area contributed by atoms with Gasteiger partial charge >= 0.3 is 0 Å². The summed E-state index contributed by atoms with van der Waals surface area (Å²) in [7, 11) is 4.02. The van der Waals surface area contributed by atoms with Gasteiger partial charge in [-0.3, -0.25) is 9.36 Å².